The molecule has 20 heavy (non-hydrogen) atoms. The molecule has 0 unspecified atom stereocenters. The van der Waals surface area contributed by atoms with Crippen molar-refractivity contribution in [3.63, 3.8) is 0 Å². The van der Waals surface area contributed by atoms with Crippen molar-refractivity contribution in [2.24, 2.45) is 0 Å². The zero-order valence-corrected chi connectivity index (χ0v) is 12.1. The highest BCUT2D eigenvalue weighted by Crippen LogP contribution is 2.25. The molecule has 2 aliphatic rings. The van der Waals surface area contributed by atoms with Crippen molar-refractivity contribution in [2.75, 3.05) is 39.4 Å². The monoisotopic (exact) mass is 277 g/mol. The fraction of sp³-hybridized carbons (Fsp3) is 0.667. The predicted octanol–water partition coefficient (Wildman–Crippen LogP) is 1.11. The van der Waals surface area contributed by atoms with Crippen LogP contribution in [0, 0.1) is 0 Å². The van der Waals surface area contributed by atoms with Gasteiger partial charge in [-0.1, -0.05) is 0 Å². The quantitative estimate of drug-likeness (QED) is 0.831. The minimum atomic E-state index is 0.191. The van der Waals surface area contributed by atoms with E-state index in [1.165, 1.54) is 5.69 Å². The minimum Gasteiger partial charge on any atom is -0.379 e. The van der Waals surface area contributed by atoms with Crippen LogP contribution in [-0.2, 0) is 16.1 Å². The second kappa shape index (κ2) is 5.97. The first-order valence-corrected chi connectivity index (χ1v) is 7.50. The van der Waals surface area contributed by atoms with Crippen molar-refractivity contribution in [2.45, 2.75) is 25.9 Å². The molecule has 3 rings (SSSR count). The largest absolute Gasteiger partial charge is 0.379 e. The van der Waals surface area contributed by atoms with E-state index in [-0.39, 0.29) is 11.9 Å². The minimum absolute atomic E-state index is 0.191. The Hall–Kier alpha value is -1.33. The molecule has 1 saturated heterocycles. The number of ether oxygens (including phenoxy) is 1. The first-order chi connectivity index (χ1) is 9.75. The van der Waals surface area contributed by atoms with E-state index in [4.69, 9.17) is 4.74 Å². The molecule has 110 valence electrons. The van der Waals surface area contributed by atoms with Gasteiger partial charge in [-0.15, -0.1) is 0 Å². The van der Waals surface area contributed by atoms with Gasteiger partial charge < -0.3 is 14.2 Å². The summed E-state index contributed by atoms with van der Waals surface area (Å²) in [6.07, 6.45) is 2.71. The zero-order chi connectivity index (χ0) is 13.9. The van der Waals surface area contributed by atoms with Crippen LogP contribution in [0.1, 0.15) is 25.1 Å². The smallest absolute Gasteiger partial charge is 0.224 e. The van der Waals surface area contributed by atoms with Crippen molar-refractivity contribution in [3.8, 4) is 0 Å². The van der Waals surface area contributed by atoms with Gasteiger partial charge in [-0.25, -0.2) is 0 Å². The molecular formula is C15H23N3O2. The molecule has 0 aliphatic carbocycles. The summed E-state index contributed by atoms with van der Waals surface area (Å²) in [5, 5.41) is 0. The van der Waals surface area contributed by atoms with E-state index in [2.05, 4.69) is 34.7 Å². The van der Waals surface area contributed by atoms with Crippen molar-refractivity contribution in [1.29, 1.82) is 0 Å². The summed E-state index contributed by atoms with van der Waals surface area (Å²) in [6.45, 7) is 8.20. The number of fused-ring (bicyclic) bond motifs is 1. The third-order valence-corrected chi connectivity index (χ3v) is 4.41. The highest BCUT2D eigenvalue weighted by molar-refractivity contribution is 5.77. The number of carbonyl (C=O) groups excluding carboxylic acids is 1. The summed E-state index contributed by atoms with van der Waals surface area (Å²) in [6, 6.07) is 4.37. The third-order valence-electron chi connectivity index (χ3n) is 4.41. The van der Waals surface area contributed by atoms with Crippen LogP contribution in [0.15, 0.2) is 18.3 Å². The van der Waals surface area contributed by atoms with E-state index >= 15 is 0 Å². The molecule has 0 radical (unpaired) electrons. The first kappa shape index (κ1) is 13.6. The Kier molecular flexibility index (Phi) is 4.08. The van der Waals surface area contributed by atoms with Gasteiger partial charge in [-0.2, -0.15) is 0 Å². The van der Waals surface area contributed by atoms with E-state index in [1.807, 2.05) is 4.90 Å². The van der Waals surface area contributed by atoms with Crippen LogP contribution in [0.2, 0.25) is 0 Å². The van der Waals surface area contributed by atoms with E-state index in [9.17, 15) is 4.79 Å². The molecule has 1 aromatic rings. The van der Waals surface area contributed by atoms with E-state index in [0.717, 1.165) is 45.9 Å². The Bertz CT molecular complexity index is 465. The molecule has 1 atom stereocenters. The number of amides is 1. The van der Waals surface area contributed by atoms with Gasteiger partial charge in [0.15, 0.2) is 0 Å². The van der Waals surface area contributed by atoms with Crippen LogP contribution < -0.4 is 0 Å². The number of rotatable bonds is 3. The average Bonchev–Trinajstić information content (AvgIpc) is 2.96. The predicted molar refractivity (Wildman–Crippen MR) is 76.4 cm³/mol. The van der Waals surface area contributed by atoms with Crippen LogP contribution >= 0.6 is 0 Å². The lowest BCUT2D eigenvalue weighted by Gasteiger charge is -2.35. The number of aromatic nitrogens is 1. The molecule has 5 nitrogen and oxygen atoms in total. The van der Waals surface area contributed by atoms with Gasteiger partial charge in [0.1, 0.15) is 0 Å². The molecule has 0 bridgehead atoms. The van der Waals surface area contributed by atoms with Crippen LogP contribution in [-0.4, -0.2) is 59.7 Å². The standard InChI is InChI=1S/C15H23N3O2/c1-13-14-3-2-5-17(14)7-8-18(13)15(19)4-6-16-9-11-20-12-10-16/h2-3,5,13H,4,6-12H2,1H3/t13-/m1/s1. The molecule has 0 saturated carbocycles. The summed E-state index contributed by atoms with van der Waals surface area (Å²) in [7, 11) is 0. The highest BCUT2D eigenvalue weighted by Gasteiger charge is 2.27. The summed E-state index contributed by atoms with van der Waals surface area (Å²) in [5.74, 6) is 0.274. The maximum absolute atomic E-state index is 12.4. The summed E-state index contributed by atoms with van der Waals surface area (Å²) >= 11 is 0. The Morgan fingerprint density at radius 1 is 1.30 bits per heavy atom. The number of nitrogens with zero attached hydrogens (tertiary/aromatic N) is 3. The molecule has 2 aliphatic heterocycles. The molecular weight excluding hydrogens is 254 g/mol. The second-order valence-electron chi connectivity index (χ2n) is 5.59. The normalized spacial score (nSPS) is 23.6. The van der Waals surface area contributed by atoms with Crippen LogP contribution in [0.3, 0.4) is 0 Å². The fourth-order valence-corrected chi connectivity index (χ4v) is 3.14. The maximum Gasteiger partial charge on any atom is 0.224 e. The van der Waals surface area contributed by atoms with Gasteiger partial charge in [0.2, 0.25) is 5.91 Å². The third kappa shape index (κ3) is 2.74. The number of hydrogen-bond donors (Lipinski definition) is 0. The van der Waals surface area contributed by atoms with E-state index < -0.39 is 0 Å². The number of carbonyl (C=O) groups is 1. The molecule has 0 N–H and O–H groups in total. The first-order valence-electron chi connectivity index (χ1n) is 7.50. The maximum atomic E-state index is 12.4. The van der Waals surface area contributed by atoms with E-state index in [1.54, 1.807) is 0 Å². The van der Waals surface area contributed by atoms with Crippen molar-refractivity contribution in [1.82, 2.24) is 14.4 Å². The lowest BCUT2D eigenvalue weighted by atomic mass is 10.1. The van der Waals surface area contributed by atoms with Gasteiger partial charge >= 0.3 is 0 Å². The van der Waals surface area contributed by atoms with Gasteiger partial charge in [0.25, 0.3) is 0 Å². The Labute approximate surface area is 120 Å². The van der Waals surface area contributed by atoms with Crippen molar-refractivity contribution in [3.05, 3.63) is 24.0 Å². The fourth-order valence-electron chi connectivity index (χ4n) is 3.14. The lowest BCUT2D eigenvalue weighted by Crippen LogP contribution is -2.43. The van der Waals surface area contributed by atoms with Gasteiger partial charge in [-0.05, 0) is 19.1 Å². The van der Waals surface area contributed by atoms with Crippen molar-refractivity contribution < 1.29 is 9.53 Å². The Morgan fingerprint density at radius 2 is 2.10 bits per heavy atom. The van der Waals surface area contributed by atoms with Gasteiger partial charge in [-0.3, -0.25) is 9.69 Å². The molecule has 3 heterocycles. The van der Waals surface area contributed by atoms with Gasteiger partial charge in [0, 0.05) is 51.0 Å². The summed E-state index contributed by atoms with van der Waals surface area (Å²) in [4.78, 5) is 16.8. The molecule has 0 spiro atoms. The zero-order valence-electron chi connectivity index (χ0n) is 12.1. The van der Waals surface area contributed by atoms with Gasteiger partial charge in [0.05, 0.1) is 19.3 Å². The van der Waals surface area contributed by atoms with Crippen LogP contribution in [0.25, 0.3) is 0 Å². The lowest BCUT2D eigenvalue weighted by molar-refractivity contribution is -0.135. The van der Waals surface area contributed by atoms with Crippen molar-refractivity contribution >= 4 is 5.91 Å². The summed E-state index contributed by atoms with van der Waals surface area (Å²) < 4.78 is 7.58. The number of morpholine rings is 1. The summed E-state index contributed by atoms with van der Waals surface area (Å²) in [5.41, 5.74) is 1.25. The molecule has 5 heteroatoms. The molecule has 0 aromatic carbocycles. The molecule has 1 fully saturated rings. The van der Waals surface area contributed by atoms with Crippen LogP contribution in [0.5, 0.6) is 0 Å². The SMILES string of the molecule is C[C@@H]1c2cccn2CCN1C(=O)CCN1CCOCC1. The molecule has 1 amide bonds. The van der Waals surface area contributed by atoms with E-state index in [0.29, 0.717) is 6.42 Å². The van der Waals surface area contributed by atoms with Crippen LogP contribution in [0.4, 0.5) is 0 Å². The topological polar surface area (TPSA) is 37.7 Å². The highest BCUT2D eigenvalue weighted by atomic mass is 16.5. The average molecular weight is 277 g/mol. The molecule has 1 aromatic heterocycles. The second-order valence-corrected chi connectivity index (χ2v) is 5.59. The Morgan fingerprint density at radius 3 is 2.90 bits per heavy atom. The number of hydrogen-bond acceptors (Lipinski definition) is 3. The Balaban J connectivity index is 1.55.